The Morgan fingerprint density at radius 2 is 2.10 bits per heavy atom. The lowest BCUT2D eigenvalue weighted by Crippen LogP contribution is -2.32. The van der Waals surface area contributed by atoms with E-state index < -0.39 is 0 Å². The van der Waals surface area contributed by atoms with Crippen molar-refractivity contribution in [2.75, 3.05) is 12.3 Å². The van der Waals surface area contributed by atoms with Crippen molar-refractivity contribution in [3.05, 3.63) is 18.0 Å². The quantitative estimate of drug-likeness (QED) is 0.869. The summed E-state index contributed by atoms with van der Waals surface area (Å²) in [5.41, 5.74) is 7.15. The molecule has 1 aliphatic rings. The number of carbonyl (C=O) groups excluding carboxylic acids is 1. The zero-order valence-corrected chi connectivity index (χ0v) is 12.7. The maximum atomic E-state index is 12.3. The summed E-state index contributed by atoms with van der Waals surface area (Å²) < 4.78 is 1.95. The van der Waals surface area contributed by atoms with Crippen molar-refractivity contribution in [3.63, 3.8) is 0 Å². The van der Waals surface area contributed by atoms with Crippen molar-refractivity contribution >= 4 is 11.6 Å². The van der Waals surface area contributed by atoms with Crippen LogP contribution in [0.2, 0.25) is 0 Å². The topological polar surface area (TPSA) is 60.0 Å². The zero-order chi connectivity index (χ0) is 14.5. The van der Waals surface area contributed by atoms with Crippen LogP contribution in [0.15, 0.2) is 12.3 Å². The average Bonchev–Trinajstić information content (AvgIpc) is 2.79. The molecule has 20 heavy (non-hydrogen) atoms. The highest BCUT2D eigenvalue weighted by Crippen LogP contribution is 2.27. The molecule has 1 saturated carbocycles. The molecule has 1 aromatic rings. The number of hydrogen-bond acceptors (Lipinski definition) is 2. The van der Waals surface area contributed by atoms with Crippen molar-refractivity contribution < 1.29 is 4.79 Å². The number of nitrogens with two attached hydrogens (primary N) is 1. The monoisotopic (exact) mass is 277 g/mol. The number of anilines is 1. The first kappa shape index (κ1) is 14.9. The number of aryl methyl sites for hydroxylation is 1. The van der Waals surface area contributed by atoms with Crippen molar-refractivity contribution in [3.8, 4) is 0 Å². The first-order valence-corrected chi connectivity index (χ1v) is 7.84. The molecule has 4 heteroatoms. The van der Waals surface area contributed by atoms with Gasteiger partial charge in [-0.15, -0.1) is 0 Å². The van der Waals surface area contributed by atoms with E-state index in [0.717, 1.165) is 25.4 Å². The van der Waals surface area contributed by atoms with E-state index in [1.165, 1.54) is 25.7 Å². The summed E-state index contributed by atoms with van der Waals surface area (Å²) >= 11 is 0. The van der Waals surface area contributed by atoms with Gasteiger partial charge in [-0.25, -0.2) is 0 Å². The molecule has 2 rings (SSSR count). The lowest BCUT2D eigenvalue weighted by Gasteiger charge is -2.26. The molecule has 0 spiro atoms. The second-order valence-corrected chi connectivity index (χ2v) is 6.19. The summed E-state index contributed by atoms with van der Waals surface area (Å²) in [5.74, 6) is 1.50. The molecule has 1 aromatic heterocycles. The maximum Gasteiger partial charge on any atom is 0.267 e. The van der Waals surface area contributed by atoms with Gasteiger partial charge in [0.15, 0.2) is 0 Å². The first-order valence-electron chi connectivity index (χ1n) is 7.84. The number of aromatic nitrogens is 1. The Balaban J connectivity index is 1.88. The molecule has 0 aromatic carbocycles. The predicted molar refractivity (Wildman–Crippen MR) is 82.6 cm³/mol. The molecule has 0 atom stereocenters. The van der Waals surface area contributed by atoms with Gasteiger partial charge in [0.2, 0.25) is 0 Å². The van der Waals surface area contributed by atoms with Crippen LogP contribution in [0.1, 0.15) is 56.4 Å². The Kier molecular flexibility index (Phi) is 5.10. The minimum Gasteiger partial charge on any atom is -0.397 e. The number of carbonyl (C=O) groups is 1. The molecule has 112 valence electrons. The van der Waals surface area contributed by atoms with Crippen LogP contribution in [-0.4, -0.2) is 17.0 Å². The molecular weight excluding hydrogens is 250 g/mol. The van der Waals surface area contributed by atoms with Crippen LogP contribution in [0, 0.1) is 11.8 Å². The molecule has 0 unspecified atom stereocenters. The SMILES string of the molecule is CCCn1cc(N)cc1C(=O)NCC1CCC(C)CC1. The molecule has 4 nitrogen and oxygen atoms in total. The zero-order valence-electron chi connectivity index (χ0n) is 12.7. The second-order valence-electron chi connectivity index (χ2n) is 6.19. The van der Waals surface area contributed by atoms with Gasteiger partial charge in [0.05, 0.1) is 5.69 Å². The third kappa shape index (κ3) is 3.78. The number of nitrogens with zero attached hydrogens (tertiary/aromatic N) is 1. The van der Waals surface area contributed by atoms with Crippen LogP contribution in [0.5, 0.6) is 0 Å². The lowest BCUT2D eigenvalue weighted by atomic mass is 9.83. The molecular formula is C16H27N3O. The smallest absolute Gasteiger partial charge is 0.267 e. The normalized spacial score (nSPS) is 22.7. The number of rotatable bonds is 5. The largest absolute Gasteiger partial charge is 0.397 e. The standard InChI is InChI=1S/C16H27N3O/c1-3-8-19-11-14(17)9-15(19)16(20)18-10-13-6-4-12(2)5-7-13/h9,11-13H,3-8,10,17H2,1-2H3,(H,18,20). The molecule has 3 N–H and O–H groups in total. The summed E-state index contributed by atoms with van der Waals surface area (Å²) in [7, 11) is 0. The van der Waals surface area contributed by atoms with E-state index in [1.54, 1.807) is 6.07 Å². The first-order chi connectivity index (χ1) is 9.60. The minimum absolute atomic E-state index is 0.00812. The van der Waals surface area contributed by atoms with Gasteiger partial charge in [-0.2, -0.15) is 0 Å². The van der Waals surface area contributed by atoms with E-state index in [1.807, 2.05) is 10.8 Å². The highest BCUT2D eigenvalue weighted by Gasteiger charge is 2.19. The Morgan fingerprint density at radius 3 is 2.75 bits per heavy atom. The molecule has 0 radical (unpaired) electrons. The van der Waals surface area contributed by atoms with Crippen LogP contribution in [-0.2, 0) is 6.54 Å². The number of nitrogens with one attached hydrogen (secondary N) is 1. The third-order valence-corrected chi connectivity index (χ3v) is 4.30. The van der Waals surface area contributed by atoms with Crippen LogP contribution in [0.25, 0.3) is 0 Å². The van der Waals surface area contributed by atoms with Gasteiger partial charge < -0.3 is 15.6 Å². The molecule has 1 heterocycles. The average molecular weight is 277 g/mol. The van der Waals surface area contributed by atoms with E-state index in [2.05, 4.69) is 19.2 Å². The summed E-state index contributed by atoms with van der Waals surface area (Å²) in [6.07, 6.45) is 7.90. The van der Waals surface area contributed by atoms with Crippen LogP contribution < -0.4 is 11.1 Å². The van der Waals surface area contributed by atoms with Gasteiger partial charge in [-0.05, 0) is 37.2 Å². The van der Waals surface area contributed by atoms with Crippen LogP contribution in [0.4, 0.5) is 5.69 Å². The molecule has 1 fully saturated rings. The fourth-order valence-electron chi connectivity index (χ4n) is 3.01. The van der Waals surface area contributed by atoms with Gasteiger partial charge in [0, 0.05) is 19.3 Å². The highest BCUT2D eigenvalue weighted by molar-refractivity contribution is 5.93. The van der Waals surface area contributed by atoms with E-state index in [4.69, 9.17) is 5.73 Å². The fourth-order valence-corrected chi connectivity index (χ4v) is 3.01. The van der Waals surface area contributed by atoms with Gasteiger partial charge in [0.1, 0.15) is 5.69 Å². The number of amides is 1. The number of hydrogen-bond donors (Lipinski definition) is 2. The number of nitrogen functional groups attached to an aromatic ring is 1. The Bertz CT molecular complexity index is 445. The van der Waals surface area contributed by atoms with E-state index in [-0.39, 0.29) is 5.91 Å². The lowest BCUT2D eigenvalue weighted by molar-refractivity contribution is 0.0932. The molecule has 1 amide bonds. The van der Waals surface area contributed by atoms with Crippen molar-refractivity contribution in [1.29, 1.82) is 0 Å². The Hall–Kier alpha value is -1.45. The van der Waals surface area contributed by atoms with Crippen molar-refractivity contribution in [1.82, 2.24) is 9.88 Å². The van der Waals surface area contributed by atoms with Gasteiger partial charge in [0.25, 0.3) is 5.91 Å². The minimum atomic E-state index is 0.00812. The molecule has 0 saturated heterocycles. The summed E-state index contributed by atoms with van der Waals surface area (Å²) in [5, 5.41) is 3.08. The van der Waals surface area contributed by atoms with Crippen molar-refractivity contribution in [2.24, 2.45) is 11.8 Å². The third-order valence-electron chi connectivity index (χ3n) is 4.30. The second kappa shape index (κ2) is 6.82. The predicted octanol–water partition coefficient (Wildman–Crippen LogP) is 3.04. The summed E-state index contributed by atoms with van der Waals surface area (Å²) in [4.78, 5) is 12.3. The van der Waals surface area contributed by atoms with Crippen LogP contribution >= 0.6 is 0 Å². The van der Waals surface area contributed by atoms with Gasteiger partial charge >= 0.3 is 0 Å². The van der Waals surface area contributed by atoms with Gasteiger partial charge in [-0.1, -0.05) is 26.7 Å². The van der Waals surface area contributed by atoms with Gasteiger partial charge in [-0.3, -0.25) is 4.79 Å². The van der Waals surface area contributed by atoms with Crippen molar-refractivity contribution in [2.45, 2.75) is 52.5 Å². The molecule has 1 aliphatic carbocycles. The Morgan fingerprint density at radius 1 is 1.40 bits per heavy atom. The maximum absolute atomic E-state index is 12.3. The van der Waals surface area contributed by atoms with E-state index in [0.29, 0.717) is 17.3 Å². The van der Waals surface area contributed by atoms with Crippen LogP contribution in [0.3, 0.4) is 0 Å². The van der Waals surface area contributed by atoms with E-state index >= 15 is 0 Å². The molecule has 0 bridgehead atoms. The summed E-state index contributed by atoms with van der Waals surface area (Å²) in [6.45, 7) is 6.04. The molecule has 0 aliphatic heterocycles. The highest BCUT2D eigenvalue weighted by atomic mass is 16.1. The van der Waals surface area contributed by atoms with E-state index in [9.17, 15) is 4.79 Å². The Labute approximate surface area is 121 Å². The summed E-state index contributed by atoms with van der Waals surface area (Å²) in [6, 6.07) is 1.77. The fraction of sp³-hybridized carbons (Fsp3) is 0.688.